The van der Waals surface area contributed by atoms with E-state index < -0.39 is 12.1 Å². The second-order valence-electron chi connectivity index (χ2n) is 3.52. The van der Waals surface area contributed by atoms with Crippen LogP contribution in [0.4, 0.5) is 0 Å². The van der Waals surface area contributed by atoms with Crippen molar-refractivity contribution >= 4 is 5.97 Å². The Balaban J connectivity index is 3.01. The maximum Gasteiger partial charge on any atom is 0.337 e. The van der Waals surface area contributed by atoms with Crippen molar-refractivity contribution in [3.05, 3.63) is 34.9 Å². The van der Waals surface area contributed by atoms with Crippen molar-refractivity contribution in [2.75, 3.05) is 6.61 Å². The first kappa shape index (κ1) is 11.7. The van der Waals surface area contributed by atoms with E-state index in [0.29, 0.717) is 12.2 Å². The number of carbonyl (C=O) groups is 1. The molecule has 0 amide bonds. The van der Waals surface area contributed by atoms with Crippen LogP contribution >= 0.6 is 0 Å². The standard InChI is InChI=1S/C12H16O3/c1-4-15-11(12(13)14)10-6-5-8(2)9(3)7-10/h5-7,11H,4H2,1-3H3,(H,13,14). The molecule has 1 aromatic carbocycles. The van der Waals surface area contributed by atoms with E-state index in [1.807, 2.05) is 26.0 Å². The Morgan fingerprint density at radius 2 is 2.07 bits per heavy atom. The zero-order valence-electron chi connectivity index (χ0n) is 9.28. The molecule has 0 spiro atoms. The molecule has 1 unspecified atom stereocenters. The minimum absolute atomic E-state index is 0.393. The van der Waals surface area contributed by atoms with Crippen LogP contribution < -0.4 is 0 Å². The topological polar surface area (TPSA) is 46.5 Å². The highest BCUT2D eigenvalue weighted by Gasteiger charge is 2.19. The van der Waals surface area contributed by atoms with Gasteiger partial charge in [0.1, 0.15) is 0 Å². The highest BCUT2D eigenvalue weighted by atomic mass is 16.5. The monoisotopic (exact) mass is 208 g/mol. The first-order valence-corrected chi connectivity index (χ1v) is 4.97. The van der Waals surface area contributed by atoms with Gasteiger partial charge >= 0.3 is 5.97 Å². The number of hydrogen-bond donors (Lipinski definition) is 1. The fourth-order valence-electron chi connectivity index (χ4n) is 1.40. The summed E-state index contributed by atoms with van der Waals surface area (Å²) in [7, 11) is 0. The molecule has 0 aliphatic heterocycles. The third-order valence-corrected chi connectivity index (χ3v) is 2.39. The summed E-state index contributed by atoms with van der Waals surface area (Å²) in [4.78, 5) is 11.0. The number of ether oxygens (including phenoxy) is 1. The molecule has 1 rings (SSSR count). The summed E-state index contributed by atoms with van der Waals surface area (Å²) in [6, 6.07) is 5.58. The molecular formula is C12H16O3. The Labute approximate surface area is 89.7 Å². The van der Waals surface area contributed by atoms with Gasteiger partial charge in [-0.05, 0) is 37.5 Å². The summed E-state index contributed by atoms with van der Waals surface area (Å²) < 4.78 is 5.18. The zero-order chi connectivity index (χ0) is 11.4. The fraction of sp³-hybridized carbons (Fsp3) is 0.417. The van der Waals surface area contributed by atoms with Gasteiger partial charge in [0.15, 0.2) is 6.10 Å². The van der Waals surface area contributed by atoms with Gasteiger partial charge in [-0.15, -0.1) is 0 Å². The van der Waals surface area contributed by atoms with Gasteiger partial charge in [-0.25, -0.2) is 4.79 Å². The summed E-state index contributed by atoms with van der Waals surface area (Å²) in [5.41, 5.74) is 2.94. The molecule has 3 nitrogen and oxygen atoms in total. The van der Waals surface area contributed by atoms with E-state index in [1.54, 1.807) is 13.0 Å². The van der Waals surface area contributed by atoms with Crippen LogP contribution in [0.1, 0.15) is 29.7 Å². The smallest absolute Gasteiger partial charge is 0.337 e. The van der Waals surface area contributed by atoms with E-state index in [0.717, 1.165) is 11.1 Å². The summed E-state index contributed by atoms with van der Waals surface area (Å²) >= 11 is 0. The second kappa shape index (κ2) is 4.94. The first-order chi connectivity index (χ1) is 7.06. The molecular weight excluding hydrogens is 192 g/mol. The van der Waals surface area contributed by atoms with Crippen molar-refractivity contribution in [1.82, 2.24) is 0 Å². The van der Waals surface area contributed by atoms with E-state index in [1.165, 1.54) is 0 Å². The van der Waals surface area contributed by atoms with Crippen LogP contribution in [0.3, 0.4) is 0 Å². The fourth-order valence-corrected chi connectivity index (χ4v) is 1.40. The number of benzene rings is 1. The average molecular weight is 208 g/mol. The lowest BCUT2D eigenvalue weighted by Gasteiger charge is -2.13. The van der Waals surface area contributed by atoms with E-state index >= 15 is 0 Å². The van der Waals surface area contributed by atoms with Crippen molar-refractivity contribution in [3.8, 4) is 0 Å². The lowest BCUT2D eigenvalue weighted by Crippen LogP contribution is -2.15. The number of carboxylic acids is 1. The Bertz CT molecular complexity index is 358. The number of hydrogen-bond acceptors (Lipinski definition) is 2. The third kappa shape index (κ3) is 2.80. The minimum atomic E-state index is -0.944. The van der Waals surface area contributed by atoms with Crippen LogP contribution in [0.25, 0.3) is 0 Å². The summed E-state index contributed by atoms with van der Waals surface area (Å²) in [5, 5.41) is 8.99. The lowest BCUT2D eigenvalue weighted by molar-refractivity contribution is -0.150. The normalized spacial score (nSPS) is 12.5. The minimum Gasteiger partial charge on any atom is -0.479 e. The Morgan fingerprint density at radius 1 is 1.40 bits per heavy atom. The second-order valence-corrected chi connectivity index (χ2v) is 3.52. The molecule has 0 fully saturated rings. The van der Waals surface area contributed by atoms with Gasteiger partial charge in [0.25, 0.3) is 0 Å². The van der Waals surface area contributed by atoms with Gasteiger partial charge in [-0.1, -0.05) is 18.2 Å². The Morgan fingerprint density at radius 3 is 2.53 bits per heavy atom. The van der Waals surface area contributed by atoms with Gasteiger partial charge < -0.3 is 9.84 Å². The van der Waals surface area contributed by atoms with Crippen LogP contribution in [-0.4, -0.2) is 17.7 Å². The predicted molar refractivity (Wildman–Crippen MR) is 57.9 cm³/mol. The molecule has 82 valence electrons. The van der Waals surface area contributed by atoms with Crippen molar-refractivity contribution in [1.29, 1.82) is 0 Å². The summed E-state index contributed by atoms with van der Waals surface area (Å²) in [6.45, 7) is 6.14. The van der Waals surface area contributed by atoms with Crippen LogP contribution in [0.2, 0.25) is 0 Å². The van der Waals surface area contributed by atoms with E-state index in [-0.39, 0.29) is 0 Å². The first-order valence-electron chi connectivity index (χ1n) is 4.97. The van der Waals surface area contributed by atoms with Gasteiger partial charge in [0.2, 0.25) is 0 Å². The Kier molecular flexibility index (Phi) is 3.86. The molecule has 0 heterocycles. The molecule has 0 bridgehead atoms. The SMILES string of the molecule is CCOC(C(=O)O)c1ccc(C)c(C)c1. The van der Waals surface area contributed by atoms with Crippen LogP contribution in [-0.2, 0) is 9.53 Å². The molecule has 1 N–H and O–H groups in total. The number of aliphatic carboxylic acids is 1. The molecule has 1 atom stereocenters. The molecule has 15 heavy (non-hydrogen) atoms. The van der Waals surface area contributed by atoms with Crippen LogP contribution in [0, 0.1) is 13.8 Å². The molecule has 3 heteroatoms. The van der Waals surface area contributed by atoms with E-state index in [4.69, 9.17) is 9.84 Å². The molecule has 0 saturated heterocycles. The van der Waals surface area contributed by atoms with Crippen LogP contribution in [0.5, 0.6) is 0 Å². The highest BCUT2D eigenvalue weighted by Crippen LogP contribution is 2.20. The number of carboxylic acid groups (broad SMARTS) is 1. The molecule has 0 aliphatic carbocycles. The van der Waals surface area contributed by atoms with Crippen molar-refractivity contribution in [3.63, 3.8) is 0 Å². The van der Waals surface area contributed by atoms with E-state index in [2.05, 4.69) is 0 Å². The van der Waals surface area contributed by atoms with E-state index in [9.17, 15) is 4.79 Å². The maximum absolute atomic E-state index is 11.0. The maximum atomic E-state index is 11.0. The summed E-state index contributed by atoms with van der Waals surface area (Å²) in [6.07, 6.45) is -0.853. The predicted octanol–water partition coefficient (Wildman–Crippen LogP) is 2.47. The van der Waals surface area contributed by atoms with Gasteiger partial charge in [0, 0.05) is 6.61 Å². The van der Waals surface area contributed by atoms with Crippen LogP contribution in [0.15, 0.2) is 18.2 Å². The average Bonchev–Trinajstić information content (AvgIpc) is 2.18. The van der Waals surface area contributed by atoms with Crippen molar-refractivity contribution in [2.45, 2.75) is 26.9 Å². The molecule has 0 radical (unpaired) electrons. The van der Waals surface area contributed by atoms with Gasteiger partial charge in [-0.2, -0.15) is 0 Å². The Hall–Kier alpha value is -1.35. The molecule has 0 aliphatic rings. The molecule has 0 aromatic heterocycles. The molecule has 0 saturated carbocycles. The van der Waals surface area contributed by atoms with Gasteiger partial charge in [-0.3, -0.25) is 0 Å². The number of rotatable bonds is 4. The van der Waals surface area contributed by atoms with Gasteiger partial charge in [0.05, 0.1) is 0 Å². The number of aryl methyl sites for hydroxylation is 2. The summed E-state index contributed by atoms with van der Waals surface area (Å²) in [5.74, 6) is -0.944. The third-order valence-electron chi connectivity index (χ3n) is 2.39. The quantitative estimate of drug-likeness (QED) is 0.826. The highest BCUT2D eigenvalue weighted by molar-refractivity contribution is 5.74. The van der Waals surface area contributed by atoms with Crippen molar-refractivity contribution in [2.24, 2.45) is 0 Å². The largest absolute Gasteiger partial charge is 0.479 e. The lowest BCUT2D eigenvalue weighted by atomic mass is 10.0. The van der Waals surface area contributed by atoms with Crippen molar-refractivity contribution < 1.29 is 14.6 Å². The zero-order valence-corrected chi connectivity index (χ0v) is 9.28. The molecule has 1 aromatic rings.